The molecule has 1 aromatic heterocycles. The van der Waals surface area contributed by atoms with Crippen LogP contribution >= 0.6 is 0 Å². The Bertz CT molecular complexity index is 780. The predicted molar refractivity (Wildman–Crippen MR) is 81.5 cm³/mol. The van der Waals surface area contributed by atoms with Crippen LogP contribution in [0, 0.1) is 0 Å². The summed E-state index contributed by atoms with van der Waals surface area (Å²) in [5, 5.41) is 0. The van der Waals surface area contributed by atoms with Gasteiger partial charge < -0.3 is 9.72 Å². The van der Waals surface area contributed by atoms with E-state index in [9.17, 15) is 8.42 Å². The van der Waals surface area contributed by atoms with E-state index in [1.165, 1.54) is 0 Å². The number of rotatable bonds is 3. The minimum absolute atomic E-state index is 0.525. The first-order valence-electron chi connectivity index (χ1n) is 6.45. The van der Waals surface area contributed by atoms with Crippen molar-refractivity contribution in [2.75, 3.05) is 17.6 Å². The number of hydrogen-bond acceptors (Lipinski definition) is 4. The average Bonchev–Trinajstić information content (AvgIpc) is 2.90. The normalized spacial score (nSPS) is 16.3. The standard InChI is InChI=1S/C14H15N3O3S/c1-21(18,19)17-11-2-3-14-13(7-11)10(4-5-20-14)6-12-8-15-9-16-12/h2-3,6-9,17H,4-5H2,1H3,(H,15,16). The SMILES string of the molecule is CS(=O)(=O)Nc1ccc2c(c1)C(=Cc1cnc[nH]1)CCO2. The Labute approximate surface area is 122 Å². The quantitative estimate of drug-likeness (QED) is 0.909. The van der Waals surface area contributed by atoms with Crippen molar-refractivity contribution in [3.05, 3.63) is 42.0 Å². The van der Waals surface area contributed by atoms with E-state index in [1.54, 1.807) is 30.7 Å². The molecule has 110 valence electrons. The van der Waals surface area contributed by atoms with Gasteiger partial charge >= 0.3 is 0 Å². The number of nitrogens with one attached hydrogen (secondary N) is 2. The van der Waals surface area contributed by atoms with Gasteiger partial charge in [0.15, 0.2) is 0 Å². The highest BCUT2D eigenvalue weighted by Crippen LogP contribution is 2.36. The molecule has 0 atom stereocenters. The van der Waals surface area contributed by atoms with Crippen LogP contribution in [-0.4, -0.2) is 31.2 Å². The molecule has 7 heteroatoms. The Hall–Kier alpha value is -2.28. The minimum Gasteiger partial charge on any atom is -0.493 e. The van der Waals surface area contributed by atoms with Crippen LogP contribution in [0.25, 0.3) is 11.6 Å². The Morgan fingerprint density at radius 2 is 2.29 bits per heavy atom. The largest absolute Gasteiger partial charge is 0.493 e. The predicted octanol–water partition coefficient (Wildman–Crippen LogP) is 2.10. The van der Waals surface area contributed by atoms with Gasteiger partial charge in [-0.25, -0.2) is 13.4 Å². The number of aromatic nitrogens is 2. The summed E-state index contributed by atoms with van der Waals surface area (Å²) in [5.41, 5.74) is 3.40. The summed E-state index contributed by atoms with van der Waals surface area (Å²) in [4.78, 5) is 7.01. The number of imidazole rings is 1. The minimum atomic E-state index is -3.30. The number of sulfonamides is 1. The highest BCUT2D eigenvalue weighted by molar-refractivity contribution is 7.92. The van der Waals surface area contributed by atoms with Crippen LogP contribution in [-0.2, 0) is 10.0 Å². The van der Waals surface area contributed by atoms with Gasteiger partial charge in [0.25, 0.3) is 0 Å². The first-order chi connectivity index (χ1) is 10.0. The Kier molecular flexibility index (Phi) is 3.42. The molecule has 0 amide bonds. The molecule has 2 aromatic rings. The van der Waals surface area contributed by atoms with E-state index in [2.05, 4.69) is 14.7 Å². The molecule has 6 nitrogen and oxygen atoms in total. The Morgan fingerprint density at radius 3 is 3.00 bits per heavy atom. The van der Waals surface area contributed by atoms with Crippen molar-refractivity contribution in [2.45, 2.75) is 6.42 Å². The van der Waals surface area contributed by atoms with Crippen molar-refractivity contribution < 1.29 is 13.2 Å². The second kappa shape index (κ2) is 5.25. The number of anilines is 1. The van der Waals surface area contributed by atoms with Gasteiger partial charge in [-0.15, -0.1) is 0 Å². The number of H-pyrrole nitrogens is 1. The zero-order valence-electron chi connectivity index (χ0n) is 11.5. The van der Waals surface area contributed by atoms with Crippen LogP contribution in [0.1, 0.15) is 17.7 Å². The molecule has 2 N–H and O–H groups in total. The van der Waals surface area contributed by atoms with Gasteiger partial charge in [-0.05, 0) is 29.8 Å². The summed E-state index contributed by atoms with van der Waals surface area (Å²) in [7, 11) is -3.30. The third kappa shape index (κ3) is 3.25. The molecular weight excluding hydrogens is 290 g/mol. The van der Waals surface area contributed by atoms with Crippen molar-refractivity contribution in [1.82, 2.24) is 9.97 Å². The van der Waals surface area contributed by atoms with Crippen LogP contribution in [0.3, 0.4) is 0 Å². The number of aromatic amines is 1. The van der Waals surface area contributed by atoms with Crippen molar-refractivity contribution in [2.24, 2.45) is 0 Å². The van der Waals surface area contributed by atoms with Gasteiger partial charge in [-0.3, -0.25) is 4.72 Å². The van der Waals surface area contributed by atoms with Crippen molar-refractivity contribution >= 4 is 27.4 Å². The summed E-state index contributed by atoms with van der Waals surface area (Å²) in [5.74, 6) is 0.756. The summed E-state index contributed by atoms with van der Waals surface area (Å²) >= 11 is 0. The van der Waals surface area contributed by atoms with Crippen LogP contribution in [0.2, 0.25) is 0 Å². The fourth-order valence-electron chi connectivity index (χ4n) is 2.27. The maximum absolute atomic E-state index is 11.3. The maximum atomic E-state index is 11.3. The second-order valence-electron chi connectivity index (χ2n) is 4.86. The van der Waals surface area contributed by atoms with Crippen LogP contribution in [0.4, 0.5) is 5.69 Å². The Balaban J connectivity index is 2.01. The lowest BCUT2D eigenvalue weighted by molar-refractivity contribution is 0.317. The number of ether oxygens (including phenoxy) is 1. The highest BCUT2D eigenvalue weighted by atomic mass is 32.2. The van der Waals surface area contributed by atoms with Gasteiger partial charge in [-0.1, -0.05) is 0 Å². The molecule has 1 aliphatic heterocycles. The number of fused-ring (bicyclic) bond motifs is 1. The first-order valence-corrected chi connectivity index (χ1v) is 8.34. The zero-order chi connectivity index (χ0) is 14.9. The van der Waals surface area contributed by atoms with Gasteiger partial charge in [0.1, 0.15) is 5.75 Å². The summed E-state index contributed by atoms with van der Waals surface area (Å²) in [6.45, 7) is 0.603. The summed E-state index contributed by atoms with van der Waals surface area (Å²) in [6.07, 6.45) is 7.24. The highest BCUT2D eigenvalue weighted by Gasteiger charge is 2.17. The molecule has 1 aromatic carbocycles. The van der Waals surface area contributed by atoms with E-state index in [-0.39, 0.29) is 0 Å². The van der Waals surface area contributed by atoms with E-state index >= 15 is 0 Å². The Morgan fingerprint density at radius 1 is 1.43 bits per heavy atom. The number of hydrogen-bond donors (Lipinski definition) is 2. The van der Waals surface area contributed by atoms with Crippen LogP contribution < -0.4 is 9.46 Å². The fourth-order valence-corrected chi connectivity index (χ4v) is 2.83. The topological polar surface area (TPSA) is 84.1 Å². The lowest BCUT2D eigenvalue weighted by Crippen LogP contribution is -2.12. The molecular formula is C14H15N3O3S. The molecule has 0 aliphatic carbocycles. The molecule has 0 bridgehead atoms. The van der Waals surface area contributed by atoms with Crippen molar-refractivity contribution in [1.29, 1.82) is 0 Å². The smallest absolute Gasteiger partial charge is 0.229 e. The molecule has 0 saturated carbocycles. The molecule has 2 heterocycles. The molecule has 0 fully saturated rings. The first kappa shape index (κ1) is 13.7. The van der Waals surface area contributed by atoms with E-state index < -0.39 is 10.0 Å². The number of benzene rings is 1. The van der Waals surface area contributed by atoms with Gasteiger partial charge in [-0.2, -0.15) is 0 Å². The van der Waals surface area contributed by atoms with Gasteiger partial charge in [0, 0.05) is 17.7 Å². The average molecular weight is 305 g/mol. The van der Waals surface area contributed by atoms with Gasteiger partial charge in [0.2, 0.25) is 10.0 Å². The molecule has 0 saturated heterocycles. The van der Waals surface area contributed by atoms with E-state index in [0.717, 1.165) is 35.3 Å². The van der Waals surface area contributed by atoms with E-state index in [4.69, 9.17) is 4.74 Å². The van der Waals surface area contributed by atoms with E-state index in [1.807, 2.05) is 6.08 Å². The fraction of sp³-hybridized carbons (Fsp3) is 0.214. The van der Waals surface area contributed by atoms with Gasteiger partial charge in [0.05, 0.1) is 31.1 Å². The summed E-state index contributed by atoms with van der Waals surface area (Å²) in [6, 6.07) is 5.26. The van der Waals surface area contributed by atoms with Crippen LogP contribution in [0.5, 0.6) is 5.75 Å². The molecule has 0 radical (unpaired) electrons. The monoisotopic (exact) mass is 305 g/mol. The summed E-state index contributed by atoms with van der Waals surface area (Å²) < 4.78 is 30.8. The molecule has 21 heavy (non-hydrogen) atoms. The second-order valence-corrected chi connectivity index (χ2v) is 6.61. The third-order valence-electron chi connectivity index (χ3n) is 3.11. The molecule has 1 aliphatic rings. The molecule has 3 rings (SSSR count). The van der Waals surface area contributed by atoms with E-state index in [0.29, 0.717) is 12.3 Å². The lowest BCUT2D eigenvalue weighted by atomic mass is 9.98. The zero-order valence-corrected chi connectivity index (χ0v) is 12.3. The number of nitrogens with zero attached hydrogens (tertiary/aromatic N) is 1. The third-order valence-corrected chi connectivity index (χ3v) is 3.71. The molecule has 0 spiro atoms. The maximum Gasteiger partial charge on any atom is 0.229 e. The van der Waals surface area contributed by atoms with Crippen LogP contribution in [0.15, 0.2) is 30.7 Å². The van der Waals surface area contributed by atoms with Crippen molar-refractivity contribution in [3.8, 4) is 5.75 Å². The molecule has 0 unspecified atom stereocenters. The lowest BCUT2D eigenvalue weighted by Gasteiger charge is -2.21. The van der Waals surface area contributed by atoms with Crippen molar-refractivity contribution in [3.63, 3.8) is 0 Å².